The minimum atomic E-state index is -0.586. The summed E-state index contributed by atoms with van der Waals surface area (Å²) in [6.45, 7) is 1.91. The molecule has 1 atom stereocenters. The van der Waals surface area contributed by atoms with E-state index in [1.807, 2.05) is 21.0 Å². The lowest BCUT2D eigenvalue weighted by Crippen LogP contribution is -2.30. The van der Waals surface area contributed by atoms with Crippen LogP contribution in [0.1, 0.15) is 33.7 Å². The van der Waals surface area contributed by atoms with Crippen LogP contribution in [0.5, 0.6) is 0 Å². The fourth-order valence-electron chi connectivity index (χ4n) is 3.07. The number of rotatable bonds is 5. The first kappa shape index (κ1) is 18.6. The molecule has 4 rings (SSSR count). The van der Waals surface area contributed by atoms with Crippen molar-refractivity contribution < 1.29 is 13.7 Å². The third-order valence-electron chi connectivity index (χ3n) is 4.84. The van der Waals surface area contributed by atoms with Gasteiger partial charge in [0.25, 0.3) is 5.91 Å². The van der Waals surface area contributed by atoms with E-state index in [1.165, 1.54) is 12.1 Å². The van der Waals surface area contributed by atoms with Crippen LogP contribution >= 0.6 is 0 Å². The summed E-state index contributed by atoms with van der Waals surface area (Å²) in [7, 11) is 3.65. The van der Waals surface area contributed by atoms with Crippen LogP contribution in [0, 0.1) is 12.7 Å². The summed E-state index contributed by atoms with van der Waals surface area (Å²) in [5, 5.41) is 11.1. The molecule has 3 heterocycles. The number of nitrogens with zero attached hydrogens (tertiary/aromatic N) is 5. The van der Waals surface area contributed by atoms with Crippen molar-refractivity contribution in [3.63, 3.8) is 0 Å². The van der Waals surface area contributed by atoms with E-state index in [-0.39, 0.29) is 11.6 Å². The minimum absolute atomic E-state index is 0.0598. The quantitative estimate of drug-likeness (QED) is 0.562. The van der Waals surface area contributed by atoms with Gasteiger partial charge in [-0.15, -0.1) is 0 Å². The van der Waals surface area contributed by atoms with E-state index in [0.717, 1.165) is 11.3 Å². The highest BCUT2D eigenvalue weighted by Gasteiger charge is 2.24. The number of nitrogens with one attached hydrogen (secondary N) is 1. The second-order valence-corrected chi connectivity index (χ2v) is 6.70. The Kier molecular flexibility index (Phi) is 4.71. The van der Waals surface area contributed by atoms with E-state index >= 15 is 0 Å². The molecule has 29 heavy (non-hydrogen) atoms. The fourth-order valence-corrected chi connectivity index (χ4v) is 3.07. The zero-order valence-electron chi connectivity index (χ0n) is 16.1. The third kappa shape index (κ3) is 3.54. The Balaban J connectivity index is 1.63. The Bertz CT molecular complexity index is 1160. The molecule has 0 bridgehead atoms. The number of hydrogen-bond donors (Lipinski definition) is 1. The lowest BCUT2D eigenvalue weighted by atomic mass is 10.1. The van der Waals surface area contributed by atoms with Gasteiger partial charge in [-0.05, 0) is 24.6 Å². The number of carbonyl (C=O) groups is 1. The molecular formula is C20H19FN6O2. The van der Waals surface area contributed by atoms with Crippen LogP contribution in [0.4, 0.5) is 4.39 Å². The number of carbonyl (C=O) groups excluding carboxylic acids is 1. The van der Waals surface area contributed by atoms with Crippen molar-refractivity contribution in [3.05, 3.63) is 77.6 Å². The Morgan fingerprint density at radius 3 is 2.62 bits per heavy atom. The number of imidazole rings is 1. The standard InChI is InChI=1S/C20H19FN6O2/c1-12-15(11-23-27(12)3)16-10-17(29-25-16)20(28)24-18(19-22-8-9-26(19)2)13-4-6-14(21)7-5-13/h4-11,18H,1-3H3,(H,24,28)/t18-/m0/s1. The Labute approximate surface area is 166 Å². The average molecular weight is 394 g/mol. The van der Waals surface area contributed by atoms with Gasteiger partial charge in [0.2, 0.25) is 5.76 Å². The minimum Gasteiger partial charge on any atom is -0.350 e. The van der Waals surface area contributed by atoms with E-state index in [9.17, 15) is 9.18 Å². The maximum Gasteiger partial charge on any atom is 0.290 e. The number of hydrogen-bond acceptors (Lipinski definition) is 5. The lowest BCUT2D eigenvalue weighted by molar-refractivity contribution is 0.0904. The highest BCUT2D eigenvalue weighted by Crippen LogP contribution is 2.24. The molecule has 1 aromatic carbocycles. The van der Waals surface area contributed by atoms with Crippen LogP contribution in [-0.2, 0) is 14.1 Å². The van der Waals surface area contributed by atoms with Gasteiger partial charge in [-0.1, -0.05) is 17.3 Å². The van der Waals surface area contributed by atoms with E-state index in [2.05, 4.69) is 20.6 Å². The van der Waals surface area contributed by atoms with Crippen LogP contribution in [0.2, 0.25) is 0 Å². The fraction of sp³-hybridized carbons (Fsp3) is 0.200. The first-order chi connectivity index (χ1) is 13.9. The first-order valence-corrected chi connectivity index (χ1v) is 8.93. The van der Waals surface area contributed by atoms with Crippen molar-refractivity contribution in [2.45, 2.75) is 13.0 Å². The summed E-state index contributed by atoms with van der Waals surface area (Å²) in [4.78, 5) is 17.2. The predicted molar refractivity (Wildman–Crippen MR) is 102 cm³/mol. The van der Waals surface area contributed by atoms with Crippen LogP contribution in [0.15, 0.2) is 53.4 Å². The SMILES string of the molecule is Cc1c(-c2cc(C(=O)N[C@@H](c3ccc(F)cc3)c3nccn3C)on2)cnn1C. The summed E-state index contributed by atoms with van der Waals surface area (Å²) in [6, 6.07) is 6.89. The van der Waals surface area contributed by atoms with E-state index in [4.69, 9.17) is 4.52 Å². The highest BCUT2D eigenvalue weighted by atomic mass is 19.1. The molecule has 0 fully saturated rings. The number of aryl methyl sites for hydroxylation is 2. The van der Waals surface area contributed by atoms with Gasteiger partial charge in [0.1, 0.15) is 23.4 Å². The molecular weight excluding hydrogens is 375 g/mol. The Morgan fingerprint density at radius 1 is 1.24 bits per heavy atom. The van der Waals surface area contributed by atoms with Crippen LogP contribution in [0.25, 0.3) is 11.3 Å². The van der Waals surface area contributed by atoms with Crippen molar-refractivity contribution in [1.82, 2.24) is 29.8 Å². The van der Waals surface area contributed by atoms with Gasteiger partial charge in [-0.3, -0.25) is 9.48 Å². The molecule has 0 aliphatic carbocycles. The van der Waals surface area contributed by atoms with Gasteiger partial charge in [-0.25, -0.2) is 9.37 Å². The van der Waals surface area contributed by atoms with E-state index in [1.54, 1.807) is 46.0 Å². The van der Waals surface area contributed by atoms with E-state index in [0.29, 0.717) is 17.1 Å². The molecule has 0 radical (unpaired) electrons. The monoisotopic (exact) mass is 394 g/mol. The van der Waals surface area contributed by atoms with Gasteiger partial charge in [0, 0.05) is 43.8 Å². The smallest absolute Gasteiger partial charge is 0.290 e. The molecule has 0 saturated carbocycles. The maximum absolute atomic E-state index is 13.4. The summed E-state index contributed by atoms with van der Waals surface area (Å²) in [5.74, 6) is -0.148. The molecule has 148 valence electrons. The largest absolute Gasteiger partial charge is 0.350 e. The molecule has 1 amide bonds. The van der Waals surface area contributed by atoms with Crippen LogP contribution < -0.4 is 5.32 Å². The number of aromatic nitrogens is 5. The molecule has 3 aromatic heterocycles. The summed E-state index contributed by atoms with van der Waals surface area (Å²) in [6.07, 6.45) is 5.08. The normalized spacial score (nSPS) is 12.1. The van der Waals surface area contributed by atoms with Crippen molar-refractivity contribution >= 4 is 5.91 Å². The second kappa shape index (κ2) is 7.34. The number of benzene rings is 1. The first-order valence-electron chi connectivity index (χ1n) is 8.93. The molecule has 8 nitrogen and oxygen atoms in total. The van der Waals surface area contributed by atoms with Crippen molar-refractivity contribution in [2.75, 3.05) is 0 Å². The zero-order chi connectivity index (χ0) is 20.5. The van der Waals surface area contributed by atoms with Crippen molar-refractivity contribution in [1.29, 1.82) is 0 Å². The molecule has 0 aliphatic heterocycles. The van der Waals surface area contributed by atoms with Gasteiger partial charge < -0.3 is 14.4 Å². The van der Waals surface area contributed by atoms with Crippen molar-refractivity contribution in [2.24, 2.45) is 14.1 Å². The van der Waals surface area contributed by atoms with Crippen LogP contribution in [-0.4, -0.2) is 30.4 Å². The zero-order valence-corrected chi connectivity index (χ0v) is 16.1. The summed E-state index contributed by atoms with van der Waals surface area (Å²) >= 11 is 0. The topological polar surface area (TPSA) is 90.8 Å². The number of halogens is 1. The third-order valence-corrected chi connectivity index (χ3v) is 4.84. The highest BCUT2D eigenvalue weighted by molar-refractivity contribution is 5.92. The van der Waals surface area contributed by atoms with Crippen molar-refractivity contribution in [3.8, 4) is 11.3 Å². The molecule has 4 aromatic rings. The van der Waals surface area contributed by atoms with Gasteiger partial charge in [-0.2, -0.15) is 5.10 Å². The molecule has 1 N–H and O–H groups in total. The molecule has 0 saturated heterocycles. The molecule has 0 spiro atoms. The Morgan fingerprint density at radius 2 is 2.00 bits per heavy atom. The van der Waals surface area contributed by atoms with Gasteiger partial charge in [0.15, 0.2) is 0 Å². The lowest BCUT2D eigenvalue weighted by Gasteiger charge is -2.18. The van der Waals surface area contributed by atoms with Crippen LogP contribution in [0.3, 0.4) is 0 Å². The van der Waals surface area contributed by atoms with Gasteiger partial charge >= 0.3 is 0 Å². The molecule has 9 heteroatoms. The average Bonchev–Trinajstić information content (AvgIpc) is 3.42. The second-order valence-electron chi connectivity index (χ2n) is 6.70. The summed E-state index contributed by atoms with van der Waals surface area (Å²) in [5.41, 5.74) is 2.91. The predicted octanol–water partition coefficient (Wildman–Crippen LogP) is 2.78. The summed E-state index contributed by atoms with van der Waals surface area (Å²) < 4.78 is 22.1. The molecule has 0 aliphatic rings. The van der Waals surface area contributed by atoms with E-state index < -0.39 is 11.9 Å². The maximum atomic E-state index is 13.4. The molecule has 0 unspecified atom stereocenters. The van der Waals surface area contributed by atoms with Gasteiger partial charge in [0.05, 0.1) is 6.20 Å². The number of amides is 1. The Hall–Kier alpha value is -3.75.